The van der Waals surface area contributed by atoms with E-state index in [1.165, 1.54) is 83.5 Å². The zero-order valence-electron chi connectivity index (χ0n) is 14.9. The van der Waals surface area contributed by atoms with Gasteiger partial charge in [0, 0.05) is 24.8 Å². The normalized spacial score (nSPS) is 11.5. The number of hydrogen-bond acceptors (Lipinski definition) is 1. The van der Waals surface area contributed by atoms with Crippen LogP contribution in [0, 0.1) is 0 Å². The lowest BCUT2D eigenvalue weighted by Gasteiger charge is -2.19. The van der Waals surface area contributed by atoms with E-state index in [9.17, 15) is 0 Å². The minimum atomic E-state index is 0.718. The fourth-order valence-electron chi connectivity index (χ4n) is 2.93. The molecule has 0 heterocycles. The summed E-state index contributed by atoms with van der Waals surface area (Å²) in [6.07, 6.45) is 18.4. The van der Waals surface area contributed by atoms with Crippen LogP contribution in [-0.4, -0.2) is 36.3 Å². The summed E-state index contributed by atoms with van der Waals surface area (Å²) in [5, 5.41) is 0. The fraction of sp³-hybridized carbons (Fsp3) is 1.00. The van der Waals surface area contributed by atoms with Crippen molar-refractivity contribution < 1.29 is 0 Å². The summed E-state index contributed by atoms with van der Waals surface area (Å²) in [7, 11) is 0. The van der Waals surface area contributed by atoms with E-state index in [1.807, 2.05) is 0 Å². The molecule has 0 fully saturated rings. The van der Waals surface area contributed by atoms with E-state index < -0.39 is 0 Å². The SMILES string of the molecule is CCCCCCCCCCCCCCCN(CCCl)CCCl. The van der Waals surface area contributed by atoms with Crippen LogP contribution < -0.4 is 0 Å². The van der Waals surface area contributed by atoms with Crippen molar-refractivity contribution in [3.63, 3.8) is 0 Å². The molecule has 0 radical (unpaired) electrons. The molecule has 0 N–H and O–H groups in total. The largest absolute Gasteiger partial charge is 0.301 e. The molecule has 22 heavy (non-hydrogen) atoms. The molecule has 0 aromatic carbocycles. The summed E-state index contributed by atoms with van der Waals surface area (Å²) >= 11 is 11.6. The molecule has 0 aromatic rings. The predicted molar refractivity (Wildman–Crippen MR) is 104 cm³/mol. The van der Waals surface area contributed by atoms with E-state index in [0.29, 0.717) is 0 Å². The van der Waals surface area contributed by atoms with Gasteiger partial charge in [0.15, 0.2) is 0 Å². The zero-order valence-corrected chi connectivity index (χ0v) is 16.4. The van der Waals surface area contributed by atoms with Crippen molar-refractivity contribution >= 4 is 23.2 Å². The average Bonchev–Trinajstić information content (AvgIpc) is 2.52. The van der Waals surface area contributed by atoms with Crippen molar-refractivity contribution in [2.24, 2.45) is 0 Å². The summed E-state index contributed by atoms with van der Waals surface area (Å²) in [6.45, 7) is 5.41. The molecule has 134 valence electrons. The first-order chi connectivity index (χ1) is 10.8. The Kier molecular flexibility index (Phi) is 20.1. The third-order valence-electron chi connectivity index (χ3n) is 4.38. The molecule has 0 saturated heterocycles. The second-order valence-electron chi connectivity index (χ2n) is 6.46. The molecule has 0 rings (SSSR count). The van der Waals surface area contributed by atoms with Crippen LogP contribution in [0.25, 0.3) is 0 Å². The number of alkyl halides is 2. The third-order valence-corrected chi connectivity index (χ3v) is 4.72. The highest BCUT2D eigenvalue weighted by Crippen LogP contribution is 2.12. The van der Waals surface area contributed by atoms with Gasteiger partial charge in [-0.2, -0.15) is 0 Å². The molecule has 3 heteroatoms. The molecule has 0 aliphatic carbocycles. The van der Waals surface area contributed by atoms with Crippen molar-refractivity contribution in [2.45, 2.75) is 90.4 Å². The molecular weight excluding hydrogens is 313 g/mol. The van der Waals surface area contributed by atoms with Gasteiger partial charge in [-0.15, -0.1) is 23.2 Å². The van der Waals surface area contributed by atoms with Gasteiger partial charge < -0.3 is 4.90 Å². The third kappa shape index (κ3) is 16.9. The Balaban J connectivity index is 3.16. The number of hydrogen-bond donors (Lipinski definition) is 0. The van der Waals surface area contributed by atoms with Crippen LogP contribution in [0.15, 0.2) is 0 Å². The number of nitrogens with zero attached hydrogens (tertiary/aromatic N) is 1. The van der Waals surface area contributed by atoms with Crippen molar-refractivity contribution in [2.75, 3.05) is 31.4 Å². The quantitative estimate of drug-likeness (QED) is 0.192. The van der Waals surface area contributed by atoms with Gasteiger partial charge in [0.05, 0.1) is 0 Å². The van der Waals surface area contributed by atoms with Gasteiger partial charge in [0.25, 0.3) is 0 Å². The summed E-state index contributed by atoms with van der Waals surface area (Å²) in [5.41, 5.74) is 0. The zero-order chi connectivity index (χ0) is 16.3. The summed E-state index contributed by atoms with van der Waals surface area (Å²) < 4.78 is 0. The van der Waals surface area contributed by atoms with Crippen molar-refractivity contribution in [3.05, 3.63) is 0 Å². The maximum Gasteiger partial charge on any atom is 0.0351 e. The molecular formula is C19H39Cl2N. The molecule has 0 saturated carbocycles. The molecule has 0 atom stereocenters. The first-order valence-corrected chi connectivity index (χ1v) is 10.8. The maximum absolute atomic E-state index is 5.81. The number of halogens is 2. The number of unbranched alkanes of at least 4 members (excludes halogenated alkanes) is 12. The van der Waals surface area contributed by atoms with E-state index in [0.717, 1.165) is 31.4 Å². The minimum absolute atomic E-state index is 0.718. The van der Waals surface area contributed by atoms with Crippen molar-refractivity contribution in [1.29, 1.82) is 0 Å². The van der Waals surface area contributed by atoms with Crippen LogP contribution in [0.1, 0.15) is 90.4 Å². The topological polar surface area (TPSA) is 3.24 Å². The lowest BCUT2D eigenvalue weighted by Crippen LogP contribution is -2.28. The summed E-state index contributed by atoms with van der Waals surface area (Å²) in [4.78, 5) is 2.39. The van der Waals surface area contributed by atoms with E-state index in [4.69, 9.17) is 23.2 Å². The van der Waals surface area contributed by atoms with E-state index in [-0.39, 0.29) is 0 Å². The summed E-state index contributed by atoms with van der Waals surface area (Å²) in [6, 6.07) is 0. The Bertz CT molecular complexity index is 194. The second-order valence-corrected chi connectivity index (χ2v) is 7.22. The van der Waals surface area contributed by atoms with Crippen LogP contribution in [0.5, 0.6) is 0 Å². The highest BCUT2D eigenvalue weighted by Gasteiger charge is 2.02. The van der Waals surface area contributed by atoms with Gasteiger partial charge >= 0.3 is 0 Å². The lowest BCUT2D eigenvalue weighted by atomic mass is 10.0. The van der Waals surface area contributed by atoms with Gasteiger partial charge in [-0.3, -0.25) is 0 Å². The first kappa shape index (κ1) is 22.5. The molecule has 0 amide bonds. The standard InChI is InChI=1S/C19H39Cl2N/c1-2-3-4-5-6-7-8-9-10-11-12-13-14-17-22(18-15-20)19-16-21/h2-19H2,1H3. The van der Waals surface area contributed by atoms with Crippen LogP contribution in [0.3, 0.4) is 0 Å². The van der Waals surface area contributed by atoms with Gasteiger partial charge in [-0.05, 0) is 13.0 Å². The smallest absolute Gasteiger partial charge is 0.0351 e. The molecule has 1 nitrogen and oxygen atoms in total. The predicted octanol–water partition coefficient (Wildman–Crippen LogP) is 6.86. The Morgan fingerprint density at radius 1 is 0.500 bits per heavy atom. The van der Waals surface area contributed by atoms with Gasteiger partial charge in [0.2, 0.25) is 0 Å². The first-order valence-electron chi connectivity index (χ1n) is 9.69. The van der Waals surface area contributed by atoms with Crippen LogP contribution in [0.2, 0.25) is 0 Å². The van der Waals surface area contributed by atoms with Crippen molar-refractivity contribution in [3.8, 4) is 0 Å². The van der Waals surface area contributed by atoms with Crippen LogP contribution >= 0.6 is 23.2 Å². The van der Waals surface area contributed by atoms with Crippen LogP contribution in [-0.2, 0) is 0 Å². The Morgan fingerprint density at radius 2 is 0.864 bits per heavy atom. The Labute approximate surface area is 150 Å². The molecule has 0 aliphatic heterocycles. The van der Waals surface area contributed by atoms with E-state index in [2.05, 4.69) is 11.8 Å². The number of rotatable bonds is 18. The minimum Gasteiger partial charge on any atom is -0.301 e. The van der Waals surface area contributed by atoms with Gasteiger partial charge in [0.1, 0.15) is 0 Å². The van der Waals surface area contributed by atoms with Gasteiger partial charge in [-0.25, -0.2) is 0 Å². The van der Waals surface area contributed by atoms with E-state index in [1.54, 1.807) is 0 Å². The average molecular weight is 352 g/mol. The summed E-state index contributed by atoms with van der Waals surface area (Å²) in [5.74, 6) is 1.44. The lowest BCUT2D eigenvalue weighted by molar-refractivity contribution is 0.298. The highest BCUT2D eigenvalue weighted by molar-refractivity contribution is 6.18. The van der Waals surface area contributed by atoms with Crippen molar-refractivity contribution in [1.82, 2.24) is 4.90 Å². The molecule has 0 aliphatic rings. The fourth-order valence-corrected chi connectivity index (χ4v) is 3.41. The monoisotopic (exact) mass is 351 g/mol. The Morgan fingerprint density at radius 3 is 1.23 bits per heavy atom. The molecule has 0 unspecified atom stereocenters. The maximum atomic E-state index is 5.81. The molecule has 0 spiro atoms. The Hall–Kier alpha value is 0.540. The van der Waals surface area contributed by atoms with Crippen LogP contribution in [0.4, 0.5) is 0 Å². The molecule has 0 bridgehead atoms. The second kappa shape index (κ2) is 19.6. The highest BCUT2D eigenvalue weighted by atomic mass is 35.5. The molecule has 0 aromatic heterocycles. The van der Waals surface area contributed by atoms with E-state index >= 15 is 0 Å². The van der Waals surface area contributed by atoms with Gasteiger partial charge in [-0.1, -0.05) is 84.0 Å².